The molecule has 0 radical (unpaired) electrons. The molecule has 0 atom stereocenters. The number of nitrogens with one attached hydrogen (secondary N) is 2. The number of carbonyl (C=O) groups is 2. The summed E-state index contributed by atoms with van der Waals surface area (Å²) >= 11 is 0. The Kier molecular flexibility index (Phi) is 7.50. The number of pyridine rings is 2. The molecule has 0 aromatic carbocycles. The van der Waals surface area contributed by atoms with Crippen LogP contribution in [0.1, 0.15) is 29.3 Å². The number of nitrogens with zero attached hydrogens (tertiary/aromatic N) is 2. The molecule has 2 N–H and O–H groups in total. The van der Waals surface area contributed by atoms with Crippen LogP contribution in [0.3, 0.4) is 0 Å². The first-order chi connectivity index (χ1) is 14.1. The lowest BCUT2D eigenvalue weighted by Gasteiger charge is -2.13. The second kappa shape index (κ2) is 9.85. The molecule has 2 aromatic rings. The van der Waals surface area contributed by atoms with Gasteiger partial charge in [-0.15, -0.1) is 0 Å². The van der Waals surface area contributed by atoms with E-state index in [4.69, 9.17) is 4.74 Å². The maximum Gasteiger partial charge on any atom is 0.422 e. The zero-order chi connectivity index (χ0) is 22.3. The van der Waals surface area contributed by atoms with Gasteiger partial charge in [-0.2, -0.15) is 18.2 Å². The number of hydrogen-bond acceptors (Lipinski definition) is 6. The fraction of sp³-hybridized carbons (Fsp3) is 0.333. The number of anilines is 1. The van der Waals surface area contributed by atoms with Crippen molar-refractivity contribution in [1.82, 2.24) is 15.3 Å². The maximum atomic E-state index is 14.0. The minimum atomic E-state index is -4.66. The molecule has 0 saturated carbocycles. The summed E-state index contributed by atoms with van der Waals surface area (Å²) < 4.78 is 60.0. The third-order valence-electron chi connectivity index (χ3n) is 3.60. The normalized spacial score (nSPS) is 11.0. The van der Waals surface area contributed by atoms with Crippen LogP contribution in [0.5, 0.6) is 11.8 Å². The second-order valence-corrected chi connectivity index (χ2v) is 5.86. The van der Waals surface area contributed by atoms with Gasteiger partial charge in [0.1, 0.15) is 5.82 Å². The Morgan fingerprint density at radius 3 is 2.57 bits per heavy atom. The molecule has 0 bridgehead atoms. The van der Waals surface area contributed by atoms with Crippen LogP contribution in [-0.2, 0) is 11.3 Å². The highest BCUT2D eigenvalue weighted by atomic mass is 19.4. The Labute approximate surface area is 168 Å². The van der Waals surface area contributed by atoms with Crippen LogP contribution in [0, 0.1) is 5.82 Å². The number of hydrogen-bond donors (Lipinski definition) is 2. The van der Waals surface area contributed by atoms with E-state index in [1.54, 1.807) is 6.92 Å². The van der Waals surface area contributed by atoms with Gasteiger partial charge in [-0.05, 0) is 18.2 Å². The van der Waals surface area contributed by atoms with Crippen LogP contribution in [0.25, 0.3) is 0 Å². The van der Waals surface area contributed by atoms with E-state index in [9.17, 15) is 27.2 Å². The van der Waals surface area contributed by atoms with Gasteiger partial charge in [0.05, 0.1) is 7.11 Å². The number of ether oxygens (including phenoxy) is 2. The molecule has 2 amide bonds. The molecule has 0 aliphatic carbocycles. The third kappa shape index (κ3) is 6.57. The van der Waals surface area contributed by atoms with Crippen molar-refractivity contribution >= 4 is 17.6 Å². The lowest BCUT2D eigenvalue weighted by Crippen LogP contribution is -2.24. The number of carbonyl (C=O) groups excluding carboxylic acids is 2. The molecular formula is C18H18F4N4O4. The molecule has 12 heteroatoms. The van der Waals surface area contributed by atoms with Crippen molar-refractivity contribution in [2.24, 2.45) is 0 Å². The fourth-order valence-electron chi connectivity index (χ4n) is 2.20. The van der Waals surface area contributed by atoms with Crippen molar-refractivity contribution < 1.29 is 36.6 Å². The Bertz CT molecular complexity index is 922. The van der Waals surface area contributed by atoms with Gasteiger partial charge in [0.15, 0.2) is 12.4 Å². The molecule has 0 aliphatic heterocycles. The van der Waals surface area contributed by atoms with Gasteiger partial charge in [-0.3, -0.25) is 9.59 Å². The van der Waals surface area contributed by atoms with Gasteiger partial charge in [-0.1, -0.05) is 6.92 Å². The molecule has 0 saturated heterocycles. The summed E-state index contributed by atoms with van der Waals surface area (Å²) in [7, 11) is 1.19. The summed E-state index contributed by atoms with van der Waals surface area (Å²) in [5.41, 5.74) is 0.255. The van der Waals surface area contributed by atoms with Crippen LogP contribution in [0.4, 0.5) is 23.4 Å². The predicted octanol–water partition coefficient (Wildman–Crippen LogP) is 2.84. The van der Waals surface area contributed by atoms with Crippen LogP contribution in [0.15, 0.2) is 24.4 Å². The standard InChI is InChI=1S/C18H18F4N4O4/c1-3-14(27)25-13-7-10(4-5-23-13)15(28)24-8-11-6-12(19)17(26-16(11)29-2)30-9-18(20,21)22/h4-7H,3,8-9H2,1-2H3,(H,24,28)(H,23,25,27). The predicted molar refractivity (Wildman–Crippen MR) is 96.6 cm³/mol. The van der Waals surface area contributed by atoms with Gasteiger partial charge in [0, 0.05) is 30.3 Å². The summed E-state index contributed by atoms with van der Waals surface area (Å²) in [4.78, 5) is 31.3. The monoisotopic (exact) mass is 430 g/mol. The summed E-state index contributed by atoms with van der Waals surface area (Å²) in [5, 5.41) is 5.01. The number of amides is 2. The van der Waals surface area contributed by atoms with E-state index >= 15 is 0 Å². The Morgan fingerprint density at radius 2 is 1.93 bits per heavy atom. The molecule has 0 unspecified atom stereocenters. The zero-order valence-electron chi connectivity index (χ0n) is 16.0. The summed E-state index contributed by atoms with van der Waals surface area (Å²) in [6.45, 7) is -0.286. The minimum Gasteiger partial charge on any atom is -0.481 e. The van der Waals surface area contributed by atoms with Crippen LogP contribution >= 0.6 is 0 Å². The highest BCUT2D eigenvalue weighted by Crippen LogP contribution is 2.25. The summed E-state index contributed by atoms with van der Waals surface area (Å²) in [5.74, 6) is -2.88. The Hall–Kier alpha value is -3.44. The van der Waals surface area contributed by atoms with Crippen molar-refractivity contribution in [3.05, 3.63) is 41.3 Å². The molecular weight excluding hydrogens is 412 g/mol. The average Bonchev–Trinajstić information content (AvgIpc) is 2.70. The van der Waals surface area contributed by atoms with Gasteiger partial charge < -0.3 is 20.1 Å². The molecule has 30 heavy (non-hydrogen) atoms. The van der Waals surface area contributed by atoms with E-state index in [0.717, 1.165) is 6.07 Å². The lowest BCUT2D eigenvalue weighted by molar-refractivity contribution is -0.154. The van der Waals surface area contributed by atoms with Crippen molar-refractivity contribution in [3.8, 4) is 11.8 Å². The highest BCUT2D eigenvalue weighted by molar-refractivity contribution is 5.96. The number of halogens is 4. The van der Waals surface area contributed by atoms with E-state index in [1.165, 1.54) is 25.4 Å². The quantitative estimate of drug-likeness (QED) is 0.625. The molecule has 8 nitrogen and oxygen atoms in total. The Balaban J connectivity index is 2.09. The molecule has 0 fully saturated rings. The molecule has 2 rings (SSSR count). The number of alkyl halides is 3. The van der Waals surface area contributed by atoms with Crippen molar-refractivity contribution in [3.63, 3.8) is 0 Å². The Morgan fingerprint density at radius 1 is 1.20 bits per heavy atom. The maximum absolute atomic E-state index is 14.0. The topological polar surface area (TPSA) is 102 Å². The first kappa shape index (κ1) is 22.8. The molecule has 162 valence electrons. The van der Waals surface area contributed by atoms with E-state index in [-0.39, 0.29) is 41.7 Å². The van der Waals surface area contributed by atoms with Gasteiger partial charge >= 0.3 is 6.18 Å². The van der Waals surface area contributed by atoms with Gasteiger partial charge in [0.25, 0.3) is 11.8 Å². The zero-order valence-corrected chi connectivity index (χ0v) is 16.0. The van der Waals surface area contributed by atoms with E-state index in [2.05, 4.69) is 25.3 Å². The van der Waals surface area contributed by atoms with E-state index in [1.807, 2.05) is 0 Å². The van der Waals surface area contributed by atoms with Crippen molar-refractivity contribution in [2.45, 2.75) is 26.1 Å². The second-order valence-electron chi connectivity index (χ2n) is 5.86. The molecule has 2 heterocycles. The molecule has 2 aromatic heterocycles. The SMILES string of the molecule is CCC(=O)Nc1cc(C(=O)NCc2cc(F)c(OCC(F)(F)F)nc2OC)ccn1. The van der Waals surface area contributed by atoms with Crippen LogP contribution < -0.4 is 20.1 Å². The van der Waals surface area contributed by atoms with E-state index in [0.29, 0.717) is 0 Å². The largest absolute Gasteiger partial charge is 0.481 e. The minimum absolute atomic E-state index is 0.0799. The summed E-state index contributed by atoms with van der Waals surface area (Å²) in [6, 6.07) is 3.62. The van der Waals surface area contributed by atoms with Crippen molar-refractivity contribution in [1.29, 1.82) is 0 Å². The average molecular weight is 430 g/mol. The molecule has 0 spiro atoms. The number of aromatic nitrogens is 2. The van der Waals surface area contributed by atoms with Crippen LogP contribution in [-0.4, -0.2) is 41.7 Å². The van der Waals surface area contributed by atoms with E-state index < -0.39 is 30.4 Å². The van der Waals surface area contributed by atoms with Crippen molar-refractivity contribution in [2.75, 3.05) is 19.0 Å². The lowest BCUT2D eigenvalue weighted by atomic mass is 10.2. The third-order valence-corrected chi connectivity index (χ3v) is 3.60. The number of methoxy groups -OCH3 is 1. The number of rotatable bonds is 8. The summed E-state index contributed by atoms with van der Waals surface area (Å²) in [6.07, 6.45) is -3.10. The fourth-order valence-corrected chi connectivity index (χ4v) is 2.20. The van der Waals surface area contributed by atoms with Gasteiger partial charge in [0.2, 0.25) is 11.8 Å². The van der Waals surface area contributed by atoms with Gasteiger partial charge in [-0.25, -0.2) is 9.37 Å². The highest BCUT2D eigenvalue weighted by Gasteiger charge is 2.29. The first-order valence-electron chi connectivity index (χ1n) is 8.60. The van der Waals surface area contributed by atoms with Crippen LogP contribution in [0.2, 0.25) is 0 Å². The molecule has 0 aliphatic rings. The first-order valence-corrected chi connectivity index (χ1v) is 8.60. The smallest absolute Gasteiger partial charge is 0.422 e.